The summed E-state index contributed by atoms with van der Waals surface area (Å²) in [6.07, 6.45) is 11.8. The molecule has 1 amide bonds. The molecule has 0 spiro atoms. The van der Waals surface area contributed by atoms with Gasteiger partial charge in [0.15, 0.2) is 5.89 Å². The largest absolute Gasteiger partial charge is 0.445 e. The van der Waals surface area contributed by atoms with E-state index in [1.54, 1.807) is 0 Å². The Hall–Kier alpha value is -1.36. The molecule has 1 aliphatic carbocycles. The number of amides is 1. The molecule has 2 fully saturated rings. The average molecular weight is 388 g/mol. The monoisotopic (exact) mass is 387 g/mol. The van der Waals surface area contributed by atoms with Gasteiger partial charge in [0.05, 0.1) is 12.5 Å². The van der Waals surface area contributed by atoms with Crippen molar-refractivity contribution in [3.63, 3.8) is 0 Å². The highest BCUT2D eigenvalue weighted by atomic mass is 16.4. The summed E-state index contributed by atoms with van der Waals surface area (Å²) >= 11 is 0. The van der Waals surface area contributed by atoms with Crippen molar-refractivity contribution in [3.05, 3.63) is 17.3 Å². The first-order valence-corrected chi connectivity index (χ1v) is 11.6. The second kappa shape index (κ2) is 8.98. The van der Waals surface area contributed by atoms with Crippen LogP contribution in [-0.2, 0) is 24.2 Å². The minimum Gasteiger partial charge on any atom is -0.445 e. The number of piperidine rings is 1. The van der Waals surface area contributed by atoms with E-state index < -0.39 is 0 Å². The Morgan fingerprint density at radius 1 is 1.14 bits per heavy atom. The lowest BCUT2D eigenvalue weighted by molar-refractivity contribution is -0.138. The molecule has 28 heavy (non-hydrogen) atoms. The molecular weight excluding hydrogens is 350 g/mol. The molecule has 1 aromatic heterocycles. The van der Waals surface area contributed by atoms with Crippen LogP contribution in [0.2, 0.25) is 0 Å². The standard InChI is InChI=1S/C23H37N3O2/c1-17(2)10-11-22-24-20-16-26(14-12-21(20)28-22)23(27)18-7-6-13-25(15-18)19-8-4-3-5-9-19/h17-19H,3-16H2,1-2H3. The molecule has 0 bridgehead atoms. The zero-order chi connectivity index (χ0) is 19.5. The number of carbonyl (C=O) groups excluding carboxylic acids is 1. The normalized spacial score (nSPS) is 24.5. The molecule has 4 rings (SSSR count). The number of fused-ring (bicyclic) bond motifs is 1. The zero-order valence-electron chi connectivity index (χ0n) is 17.8. The van der Waals surface area contributed by atoms with Gasteiger partial charge < -0.3 is 9.32 Å². The summed E-state index contributed by atoms with van der Waals surface area (Å²) in [4.78, 5) is 22.6. The van der Waals surface area contributed by atoms with Crippen molar-refractivity contribution in [1.29, 1.82) is 0 Å². The minimum absolute atomic E-state index is 0.171. The van der Waals surface area contributed by atoms with Gasteiger partial charge in [-0.25, -0.2) is 4.98 Å². The zero-order valence-corrected chi connectivity index (χ0v) is 17.8. The first-order chi connectivity index (χ1) is 13.6. The van der Waals surface area contributed by atoms with E-state index in [0.29, 0.717) is 18.4 Å². The lowest BCUT2D eigenvalue weighted by Crippen LogP contribution is -2.49. The van der Waals surface area contributed by atoms with Crippen molar-refractivity contribution in [2.45, 2.75) is 90.6 Å². The number of hydrogen-bond acceptors (Lipinski definition) is 4. The van der Waals surface area contributed by atoms with E-state index in [9.17, 15) is 4.79 Å². The summed E-state index contributed by atoms with van der Waals surface area (Å²) in [6, 6.07) is 0.719. The Bertz CT molecular complexity index is 663. The summed E-state index contributed by atoms with van der Waals surface area (Å²) in [5.74, 6) is 3.03. The third-order valence-electron chi connectivity index (χ3n) is 6.91. The Morgan fingerprint density at radius 3 is 2.75 bits per heavy atom. The smallest absolute Gasteiger partial charge is 0.227 e. The number of carbonyl (C=O) groups is 1. The van der Waals surface area contributed by atoms with Gasteiger partial charge >= 0.3 is 0 Å². The van der Waals surface area contributed by atoms with E-state index >= 15 is 0 Å². The maximum absolute atomic E-state index is 13.3. The van der Waals surface area contributed by atoms with Gasteiger partial charge in [0.25, 0.3) is 0 Å². The van der Waals surface area contributed by atoms with E-state index in [-0.39, 0.29) is 5.92 Å². The van der Waals surface area contributed by atoms with Gasteiger partial charge in [-0.2, -0.15) is 0 Å². The van der Waals surface area contributed by atoms with E-state index in [1.807, 2.05) is 4.90 Å². The molecule has 0 N–H and O–H groups in total. The number of oxazole rings is 1. The summed E-state index contributed by atoms with van der Waals surface area (Å²) in [6.45, 7) is 8.02. The highest BCUT2D eigenvalue weighted by Gasteiger charge is 2.34. The summed E-state index contributed by atoms with van der Waals surface area (Å²) in [5.41, 5.74) is 0.998. The SMILES string of the molecule is CC(C)CCc1nc2c(o1)CCN(C(=O)C1CCCN(C3CCCCC3)C1)C2. The average Bonchev–Trinajstić information content (AvgIpc) is 3.14. The summed E-state index contributed by atoms with van der Waals surface area (Å²) < 4.78 is 5.97. The first-order valence-electron chi connectivity index (χ1n) is 11.6. The molecule has 3 heterocycles. The second-order valence-electron chi connectivity index (χ2n) is 9.55. The first kappa shape index (κ1) is 19.9. The van der Waals surface area contributed by atoms with Crippen LogP contribution < -0.4 is 0 Å². The highest BCUT2D eigenvalue weighted by Crippen LogP contribution is 2.29. The van der Waals surface area contributed by atoms with Crippen molar-refractivity contribution in [2.75, 3.05) is 19.6 Å². The van der Waals surface area contributed by atoms with Crippen LogP contribution in [0.1, 0.15) is 82.6 Å². The van der Waals surface area contributed by atoms with Gasteiger partial charge in [-0.1, -0.05) is 33.1 Å². The summed E-state index contributed by atoms with van der Waals surface area (Å²) in [5, 5.41) is 0. The Kier molecular flexibility index (Phi) is 6.39. The minimum atomic E-state index is 0.171. The van der Waals surface area contributed by atoms with Crippen LogP contribution in [0.4, 0.5) is 0 Å². The van der Waals surface area contributed by atoms with Crippen molar-refractivity contribution < 1.29 is 9.21 Å². The van der Waals surface area contributed by atoms with Crippen LogP contribution in [-0.4, -0.2) is 46.4 Å². The maximum Gasteiger partial charge on any atom is 0.227 e. The third kappa shape index (κ3) is 4.61. The lowest BCUT2D eigenvalue weighted by atomic mass is 9.89. The van der Waals surface area contributed by atoms with Gasteiger partial charge in [-0.3, -0.25) is 9.69 Å². The highest BCUT2D eigenvalue weighted by molar-refractivity contribution is 5.79. The fourth-order valence-corrected chi connectivity index (χ4v) is 5.20. The van der Waals surface area contributed by atoms with Crippen molar-refractivity contribution in [2.24, 2.45) is 11.8 Å². The van der Waals surface area contributed by atoms with E-state index in [0.717, 1.165) is 68.6 Å². The summed E-state index contributed by atoms with van der Waals surface area (Å²) in [7, 11) is 0. The van der Waals surface area contributed by atoms with E-state index in [1.165, 1.54) is 38.6 Å². The molecule has 0 aromatic carbocycles. The van der Waals surface area contributed by atoms with Gasteiger partial charge in [0.1, 0.15) is 11.5 Å². The predicted molar refractivity (Wildman–Crippen MR) is 110 cm³/mol. The van der Waals surface area contributed by atoms with Crippen molar-refractivity contribution in [3.8, 4) is 0 Å². The molecule has 1 aromatic rings. The lowest BCUT2D eigenvalue weighted by Gasteiger charge is -2.41. The molecule has 5 nitrogen and oxygen atoms in total. The molecule has 1 saturated heterocycles. The second-order valence-corrected chi connectivity index (χ2v) is 9.55. The van der Waals surface area contributed by atoms with Crippen LogP contribution in [0.5, 0.6) is 0 Å². The van der Waals surface area contributed by atoms with Crippen molar-refractivity contribution in [1.82, 2.24) is 14.8 Å². The third-order valence-corrected chi connectivity index (χ3v) is 6.91. The molecule has 1 atom stereocenters. The number of aryl methyl sites for hydroxylation is 1. The number of hydrogen-bond donors (Lipinski definition) is 0. The molecular formula is C23H37N3O2. The quantitative estimate of drug-likeness (QED) is 0.760. The van der Waals surface area contributed by atoms with Crippen LogP contribution >= 0.6 is 0 Å². The van der Waals surface area contributed by atoms with Gasteiger partial charge in [0.2, 0.25) is 5.91 Å². The van der Waals surface area contributed by atoms with E-state index in [2.05, 4.69) is 18.7 Å². The fraction of sp³-hybridized carbons (Fsp3) is 0.826. The predicted octanol–water partition coefficient (Wildman–Crippen LogP) is 4.19. The number of likely N-dealkylation sites (tertiary alicyclic amines) is 1. The van der Waals surface area contributed by atoms with Crippen LogP contribution in [0, 0.1) is 11.8 Å². The molecule has 1 unspecified atom stereocenters. The van der Waals surface area contributed by atoms with Gasteiger partial charge in [0, 0.05) is 32.0 Å². The number of rotatable bonds is 5. The van der Waals surface area contributed by atoms with Gasteiger partial charge in [-0.15, -0.1) is 0 Å². The van der Waals surface area contributed by atoms with Crippen LogP contribution in [0.25, 0.3) is 0 Å². The van der Waals surface area contributed by atoms with Crippen LogP contribution in [0.3, 0.4) is 0 Å². The Balaban J connectivity index is 1.35. The molecule has 0 radical (unpaired) electrons. The van der Waals surface area contributed by atoms with Crippen LogP contribution in [0.15, 0.2) is 4.42 Å². The van der Waals surface area contributed by atoms with Crippen molar-refractivity contribution >= 4 is 5.91 Å². The maximum atomic E-state index is 13.3. The Morgan fingerprint density at radius 2 is 1.96 bits per heavy atom. The topological polar surface area (TPSA) is 49.6 Å². The van der Waals surface area contributed by atoms with E-state index in [4.69, 9.17) is 9.40 Å². The number of aromatic nitrogens is 1. The fourth-order valence-electron chi connectivity index (χ4n) is 5.20. The molecule has 3 aliphatic rings. The van der Waals surface area contributed by atoms with Gasteiger partial charge in [-0.05, 0) is 44.6 Å². The molecule has 156 valence electrons. The molecule has 2 aliphatic heterocycles. The molecule has 5 heteroatoms. The Labute approximate surface area is 169 Å². The number of nitrogens with zero attached hydrogens (tertiary/aromatic N) is 3. The molecule has 1 saturated carbocycles.